The van der Waals surface area contributed by atoms with Crippen LogP contribution >= 0.6 is 0 Å². The van der Waals surface area contributed by atoms with Crippen molar-refractivity contribution in [3.63, 3.8) is 0 Å². The van der Waals surface area contributed by atoms with E-state index in [1.54, 1.807) is 0 Å². The van der Waals surface area contributed by atoms with Crippen LogP contribution in [0.2, 0.25) is 0 Å². The van der Waals surface area contributed by atoms with Crippen LogP contribution in [0, 0.1) is 0 Å². The van der Waals surface area contributed by atoms with Crippen molar-refractivity contribution in [3.05, 3.63) is 29.8 Å². The zero-order valence-corrected chi connectivity index (χ0v) is 11.9. The molecule has 1 heterocycles. The maximum Gasteiger partial charge on any atom is 0.326 e. The van der Waals surface area contributed by atoms with Crippen molar-refractivity contribution in [3.8, 4) is 5.75 Å². The van der Waals surface area contributed by atoms with E-state index < -0.39 is 12.0 Å². The fourth-order valence-electron chi connectivity index (χ4n) is 2.38. The Labute approximate surface area is 123 Å². The summed E-state index contributed by atoms with van der Waals surface area (Å²) in [6.45, 7) is 0.729. The topological polar surface area (TPSA) is 84.9 Å². The number of carboxylic acids is 1. The first-order chi connectivity index (χ1) is 10.1. The molecule has 114 valence electrons. The van der Waals surface area contributed by atoms with Gasteiger partial charge in [0.05, 0.1) is 12.5 Å². The Morgan fingerprint density at radius 3 is 2.95 bits per heavy atom. The highest BCUT2D eigenvalue weighted by molar-refractivity contribution is 5.88. The lowest BCUT2D eigenvalue weighted by Crippen LogP contribution is -2.44. The summed E-state index contributed by atoms with van der Waals surface area (Å²) in [6.07, 6.45) is 0.780. The second-order valence-electron chi connectivity index (χ2n) is 4.91. The smallest absolute Gasteiger partial charge is 0.326 e. The molecular formula is C15H19NO5. The van der Waals surface area contributed by atoms with E-state index in [0.29, 0.717) is 18.8 Å². The quantitative estimate of drug-likeness (QED) is 0.822. The molecular weight excluding hydrogens is 274 g/mol. The number of aliphatic carboxylic acids is 1. The third kappa shape index (κ3) is 3.72. The predicted octanol–water partition coefficient (Wildman–Crippen LogP) is 1.16. The van der Waals surface area contributed by atoms with Gasteiger partial charge in [-0.1, -0.05) is 18.2 Å². The Morgan fingerprint density at radius 2 is 2.24 bits per heavy atom. The lowest BCUT2D eigenvalue weighted by atomic mass is 9.92. The standard InChI is InChI=1S/C15H19NO5/c1-20-8-7-12(15(18)19)16-14(17)11-6-9-21-13-5-3-2-4-10(11)13/h2-5,11-12H,6-9H2,1H3,(H,16,17)(H,18,19). The third-order valence-corrected chi connectivity index (χ3v) is 3.50. The van der Waals surface area contributed by atoms with Crippen molar-refractivity contribution >= 4 is 11.9 Å². The van der Waals surface area contributed by atoms with E-state index in [-0.39, 0.29) is 24.9 Å². The van der Waals surface area contributed by atoms with Gasteiger partial charge in [-0.15, -0.1) is 0 Å². The minimum atomic E-state index is -1.05. The number of methoxy groups -OCH3 is 1. The molecule has 1 aromatic carbocycles. The number of para-hydroxylation sites is 1. The first-order valence-electron chi connectivity index (χ1n) is 6.87. The van der Waals surface area contributed by atoms with E-state index in [0.717, 1.165) is 5.56 Å². The normalized spacial score (nSPS) is 18.2. The van der Waals surface area contributed by atoms with E-state index in [4.69, 9.17) is 14.6 Å². The Morgan fingerprint density at radius 1 is 1.48 bits per heavy atom. The molecule has 2 N–H and O–H groups in total. The zero-order valence-electron chi connectivity index (χ0n) is 11.9. The van der Waals surface area contributed by atoms with E-state index in [2.05, 4.69) is 5.32 Å². The maximum absolute atomic E-state index is 12.4. The number of benzene rings is 1. The van der Waals surface area contributed by atoms with Gasteiger partial charge in [0.25, 0.3) is 0 Å². The average molecular weight is 293 g/mol. The second kappa shape index (κ2) is 7.08. The average Bonchev–Trinajstić information content (AvgIpc) is 2.50. The molecule has 6 heteroatoms. The SMILES string of the molecule is COCCC(NC(=O)C1CCOc2ccccc21)C(=O)O. The van der Waals surface area contributed by atoms with Gasteiger partial charge in [-0.3, -0.25) is 4.79 Å². The highest BCUT2D eigenvalue weighted by atomic mass is 16.5. The Bertz CT molecular complexity index is 517. The molecule has 21 heavy (non-hydrogen) atoms. The largest absolute Gasteiger partial charge is 0.493 e. The van der Waals surface area contributed by atoms with E-state index in [1.165, 1.54) is 7.11 Å². The lowest BCUT2D eigenvalue weighted by molar-refractivity contribution is -0.142. The first-order valence-corrected chi connectivity index (χ1v) is 6.87. The molecule has 2 unspecified atom stereocenters. The number of amides is 1. The van der Waals surface area contributed by atoms with Crippen molar-refractivity contribution in [2.75, 3.05) is 20.3 Å². The van der Waals surface area contributed by atoms with Crippen molar-refractivity contribution in [1.29, 1.82) is 0 Å². The van der Waals surface area contributed by atoms with Crippen LogP contribution in [0.15, 0.2) is 24.3 Å². The molecule has 0 bridgehead atoms. The van der Waals surface area contributed by atoms with Crippen LogP contribution in [-0.2, 0) is 14.3 Å². The molecule has 1 aromatic rings. The van der Waals surface area contributed by atoms with Gasteiger partial charge in [-0.05, 0) is 12.5 Å². The summed E-state index contributed by atoms with van der Waals surface area (Å²) >= 11 is 0. The summed E-state index contributed by atoms with van der Waals surface area (Å²) in [6, 6.07) is 6.40. The number of carbonyl (C=O) groups excluding carboxylic acids is 1. The molecule has 1 aliphatic rings. The molecule has 0 aromatic heterocycles. The number of carboxylic acid groups (broad SMARTS) is 1. The summed E-state index contributed by atoms with van der Waals surface area (Å²) in [5.41, 5.74) is 0.803. The molecule has 1 aliphatic heterocycles. The minimum Gasteiger partial charge on any atom is -0.493 e. The number of nitrogens with one attached hydrogen (secondary N) is 1. The number of hydrogen-bond donors (Lipinski definition) is 2. The van der Waals surface area contributed by atoms with Crippen molar-refractivity contribution in [2.24, 2.45) is 0 Å². The number of ether oxygens (including phenoxy) is 2. The van der Waals surface area contributed by atoms with Crippen LogP contribution in [0.4, 0.5) is 0 Å². The van der Waals surface area contributed by atoms with Gasteiger partial charge >= 0.3 is 5.97 Å². The van der Waals surface area contributed by atoms with Crippen molar-refractivity contribution in [1.82, 2.24) is 5.32 Å². The van der Waals surface area contributed by atoms with Crippen LogP contribution < -0.4 is 10.1 Å². The van der Waals surface area contributed by atoms with Crippen LogP contribution in [0.5, 0.6) is 5.75 Å². The van der Waals surface area contributed by atoms with Gasteiger partial charge in [0.1, 0.15) is 11.8 Å². The van der Waals surface area contributed by atoms with Gasteiger partial charge in [-0.2, -0.15) is 0 Å². The van der Waals surface area contributed by atoms with E-state index >= 15 is 0 Å². The molecule has 0 saturated heterocycles. The number of fused-ring (bicyclic) bond motifs is 1. The Kier molecular flexibility index (Phi) is 5.16. The lowest BCUT2D eigenvalue weighted by Gasteiger charge is -2.26. The molecule has 0 aliphatic carbocycles. The Balaban J connectivity index is 2.08. The van der Waals surface area contributed by atoms with Gasteiger partial charge in [0.2, 0.25) is 5.91 Å². The highest BCUT2D eigenvalue weighted by Crippen LogP contribution is 2.33. The maximum atomic E-state index is 12.4. The fraction of sp³-hybridized carbons (Fsp3) is 0.467. The number of hydrogen-bond acceptors (Lipinski definition) is 4. The third-order valence-electron chi connectivity index (χ3n) is 3.50. The van der Waals surface area contributed by atoms with E-state index in [9.17, 15) is 9.59 Å². The summed E-state index contributed by atoms with van der Waals surface area (Å²) < 4.78 is 10.4. The zero-order chi connectivity index (χ0) is 15.2. The summed E-state index contributed by atoms with van der Waals surface area (Å²) in [5.74, 6) is -1.03. The molecule has 0 radical (unpaired) electrons. The molecule has 0 saturated carbocycles. The van der Waals surface area contributed by atoms with Crippen LogP contribution in [0.3, 0.4) is 0 Å². The van der Waals surface area contributed by atoms with Gasteiger partial charge in [0, 0.05) is 25.7 Å². The molecule has 1 amide bonds. The number of carbonyl (C=O) groups is 2. The highest BCUT2D eigenvalue weighted by Gasteiger charge is 2.30. The Hall–Kier alpha value is -2.08. The molecule has 6 nitrogen and oxygen atoms in total. The van der Waals surface area contributed by atoms with Crippen molar-refractivity contribution < 1.29 is 24.2 Å². The van der Waals surface area contributed by atoms with Crippen LogP contribution in [0.25, 0.3) is 0 Å². The second-order valence-corrected chi connectivity index (χ2v) is 4.91. The summed E-state index contributed by atoms with van der Waals surface area (Å²) in [5, 5.41) is 11.7. The number of rotatable bonds is 6. The molecule has 0 spiro atoms. The van der Waals surface area contributed by atoms with Crippen LogP contribution in [0.1, 0.15) is 24.3 Å². The molecule has 2 atom stereocenters. The van der Waals surface area contributed by atoms with Gasteiger partial charge < -0.3 is 19.9 Å². The minimum absolute atomic E-state index is 0.239. The monoisotopic (exact) mass is 293 g/mol. The van der Waals surface area contributed by atoms with Crippen LogP contribution in [-0.4, -0.2) is 43.3 Å². The fourth-order valence-corrected chi connectivity index (χ4v) is 2.38. The van der Waals surface area contributed by atoms with Crippen molar-refractivity contribution in [2.45, 2.75) is 24.8 Å². The van der Waals surface area contributed by atoms with E-state index in [1.807, 2.05) is 24.3 Å². The predicted molar refractivity (Wildman–Crippen MR) is 75.4 cm³/mol. The summed E-state index contributed by atoms with van der Waals surface area (Å²) in [7, 11) is 1.50. The molecule has 0 fully saturated rings. The first kappa shape index (κ1) is 15.3. The van der Waals surface area contributed by atoms with Gasteiger partial charge in [-0.25, -0.2) is 4.79 Å². The molecule has 2 rings (SSSR count). The van der Waals surface area contributed by atoms with Gasteiger partial charge in [0.15, 0.2) is 0 Å². The summed E-state index contributed by atoms with van der Waals surface area (Å²) in [4.78, 5) is 23.5.